The molecular formula is C11H14N2O4S. The van der Waals surface area contributed by atoms with Gasteiger partial charge in [0.25, 0.3) is 5.69 Å². The average molecular weight is 270 g/mol. The van der Waals surface area contributed by atoms with E-state index in [1.807, 2.05) is 0 Å². The van der Waals surface area contributed by atoms with Gasteiger partial charge in [0.1, 0.15) is 0 Å². The maximum Gasteiger partial charge on any atom is 0.269 e. The fraction of sp³-hybridized carbons (Fsp3) is 0.273. The summed E-state index contributed by atoms with van der Waals surface area (Å²) in [6.45, 7) is 5.50. The van der Waals surface area contributed by atoms with Gasteiger partial charge < -0.3 is 0 Å². The molecule has 1 aromatic carbocycles. The van der Waals surface area contributed by atoms with Crippen molar-refractivity contribution in [3.63, 3.8) is 0 Å². The van der Waals surface area contributed by atoms with Crippen LogP contribution in [0.25, 0.3) is 0 Å². The summed E-state index contributed by atoms with van der Waals surface area (Å²) in [5, 5.41) is 10.4. The van der Waals surface area contributed by atoms with Gasteiger partial charge in [0.05, 0.1) is 10.7 Å². The van der Waals surface area contributed by atoms with Gasteiger partial charge in [-0.15, -0.1) is 0 Å². The Bertz CT molecular complexity index is 549. The predicted octanol–water partition coefficient (Wildman–Crippen LogP) is 1.59. The molecule has 0 atom stereocenters. The van der Waals surface area contributed by atoms with E-state index in [4.69, 9.17) is 0 Å². The summed E-state index contributed by atoms with van der Waals surface area (Å²) in [4.78, 5) is 9.91. The van der Waals surface area contributed by atoms with Gasteiger partial charge in [0, 0.05) is 18.7 Å². The maximum absolute atomic E-state index is 11.6. The first-order chi connectivity index (χ1) is 8.30. The van der Waals surface area contributed by atoms with Crippen molar-refractivity contribution in [2.45, 2.75) is 12.7 Å². The molecule has 0 aliphatic heterocycles. The second-order valence-corrected chi connectivity index (χ2v) is 5.77. The molecule has 0 aliphatic carbocycles. The number of rotatable bonds is 6. The van der Waals surface area contributed by atoms with Crippen LogP contribution in [0.3, 0.4) is 0 Å². The van der Waals surface area contributed by atoms with Crippen molar-refractivity contribution in [1.82, 2.24) is 4.72 Å². The van der Waals surface area contributed by atoms with Crippen LogP contribution in [0, 0.1) is 10.1 Å². The number of sulfonamides is 1. The van der Waals surface area contributed by atoms with Gasteiger partial charge in [-0.2, -0.15) is 0 Å². The topological polar surface area (TPSA) is 89.3 Å². The quantitative estimate of drug-likeness (QED) is 0.483. The number of nitrogens with one attached hydrogen (secondary N) is 1. The van der Waals surface area contributed by atoms with Crippen LogP contribution in [0.2, 0.25) is 0 Å². The maximum atomic E-state index is 11.6. The van der Waals surface area contributed by atoms with E-state index in [1.165, 1.54) is 24.3 Å². The second-order valence-electron chi connectivity index (χ2n) is 3.96. The normalized spacial score (nSPS) is 11.2. The van der Waals surface area contributed by atoms with Crippen LogP contribution in [0.5, 0.6) is 0 Å². The van der Waals surface area contributed by atoms with E-state index in [1.54, 1.807) is 6.92 Å². The average Bonchev–Trinajstić information content (AvgIpc) is 2.27. The highest BCUT2D eigenvalue weighted by atomic mass is 32.2. The third kappa shape index (κ3) is 4.64. The minimum atomic E-state index is -3.44. The first kappa shape index (κ1) is 14.3. The lowest BCUT2D eigenvalue weighted by Crippen LogP contribution is -2.26. The molecular weight excluding hydrogens is 256 g/mol. The standard InChI is InChI=1S/C11H14N2O4S/c1-9(2)7-12-18(16,17)8-10-3-5-11(6-4-10)13(14)15/h3-6,12H,1,7-8H2,2H3. The molecule has 0 saturated carbocycles. The van der Waals surface area contributed by atoms with E-state index in [-0.39, 0.29) is 18.0 Å². The molecule has 7 heteroatoms. The number of benzene rings is 1. The molecule has 0 amide bonds. The minimum Gasteiger partial charge on any atom is -0.258 e. The number of nitrogens with zero attached hydrogens (tertiary/aromatic N) is 1. The first-order valence-electron chi connectivity index (χ1n) is 5.15. The predicted molar refractivity (Wildman–Crippen MR) is 68.5 cm³/mol. The second kappa shape index (κ2) is 5.74. The van der Waals surface area contributed by atoms with Crippen molar-refractivity contribution < 1.29 is 13.3 Å². The van der Waals surface area contributed by atoms with E-state index >= 15 is 0 Å². The number of nitro groups is 1. The van der Waals surface area contributed by atoms with Gasteiger partial charge in [-0.3, -0.25) is 10.1 Å². The van der Waals surface area contributed by atoms with Crippen molar-refractivity contribution >= 4 is 15.7 Å². The SMILES string of the molecule is C=C(C)CNS(=O)(=O)Cc1ccc([N+](=O)[O-])cc1. The van der Waals surface area contributed by atoms with Crippen molar-refractivity contribution in [1.29, 1.82) is 0 Å². The van der Waals surface area contributed by atoms with E-state index in [0.717, 1.165) is 0 Å². The zero-order valence-electron chi connectivity index (χ0n) is 9.92. The Morgan fingerprint density at radius 3 is 2.39 bits per heavy atom. The highest BCUT2D eigenvalue weighted by molar-refractivity contribution is 7.88. The van der Waals surface area contributed by atoms with Gasteiger partial charge in [0.15, 0.2) is 0 Å². The molecule has 0 bridgehead atoms. The van der Waals surface area contributed by atoms with Gasteiger partial charge in [-0.1, -0.05) is 24.3 Å². The molecule has 1 N–H and O–H groups in total. The third-order valence-electron chi connectivity index (χ3n) is 2.10. The number of hydrogen-bond acceptors (Lipinski definition) is 4. The molecule has 0 saturated heterocycles. The lowest BCUT2D eigenvalue weighted by atomic mass is 10.2. The zero-order valence-corrected chi connectivity index (χ0v) is 10.7. The Balaban J connectivity index is 2.72. The number of non-ortho nitro benzene ring substituents is 1. The first-order valence-corrected chi connectivity index (χ1v) is 6.80. The summed E-state index contributed by atoms with van der Waals surface area (Å²) < 4.78 is 25.7. The number of hydrogen-bond donors (Lipinski definition) is 1. The molecule has 0 fully saturated rings. The van der Waals surface area contributed by atoms with Gasteiger partial charge >= 0.3 is 0 Å². The fourth-order valence-corrected chi connectivity index (χ4v) is 2.42. The van der Waals surface area contributed by atoms with Crippen LogP contribution in [0.4, 0.5) is 5.69 Å². The zero-order chi connectivity index (χ0) is 13.8. The Hall–Kier alpha value is -1.73. The molecule has 0 radical (unpaired) electrons. The van der Waals surface area contributed by atoms with Crippen LogP contribution in [-0.2, 0) is 15.8 Å². The molecule has 0 spiro atoms. The van der Waals surface area contributed by atoms with Crippen molar-refractivity contribution in [2.24, 2.45) is 0 Å². The van der Waals surface area contributed by atoms with E-state index in [2.05, 4.69) is 11.3 Å². The van der Waals surface area contributed by atoms with Crippen molar-refractivity contribution in [3.8, 4) is 0 Å². The highest BCUT2D eigenvalue weighted by Crippen LogP contribution is 2.13. The monoisotopic (exact) mass is 270 g/mol. The Kier molecular flexibility index (Phi) is 4.57. The van der Waals surface area contributed by atoms with E-state index in [0.29, 0.717) is 11.1 Å². The van der Waals surface area contributed by atoms with Crippen molar-refractivity contribution in [2.75, 3.05) is 6.54 Å². The molecule has 6 nitrogen and oxygen atoms in total. The molecule has 0 heterocycles. The molecule has 0 aliphatic rings. The lowest BCUT2D eigenvalue weighted by Gasteiger charge is -2.06. The Morgan fingerprint density at radius 2 is 1.94 bits per heavy atom. The lowest BCUT2D eigenvalue weighted by molar-refractivity contribution is -0.384. The Labute approximate surface area is 106 Å². The summed E-state index contributed by atoms with van der Waals surface area (Å²) in [7, 11) is -3.44. The largest absolute Gasteiger partial charge is 0.269 e. The molecule has 98 valence electrons. The summed E-state index contributed by atoms with van der Waals surface area (Å²) in [6.07, 6.45) is 0. The molecule has 0 unspecified atom stereocenters. The minimum absolute atomic E-state index is 0.0638. The van der Waals surface area contributed by atoms with E-state index < -0.39 is 14.9 Å². The summed E-state index contributed by atoms with van der Waals surface area (Å²) in [5.74, 6) is -0.210. The van der Waals surface area contributed by atoms with Crippen LogP contribution >= 0.6 is 0 Å². The van der Waals surface area contributed by atoms with Gasteiger partial charge in [0.2, 0.25) is 10.0 Å². The third-order valence-corrected chi connectivity index (χ3v) is 3.40. The van der Waals surface area contributed by atoms with Crippen LogP contribution in [0.1, 0.15) is 12.5 Å². The molecule has 0 aromatic heterocycles. The molecule has 1 aromatic rings. The van der Waals surface area contributed by atoms with Crippen LogP contribution in [0.15, 0.2) is 36.4 Å². The smallest absolute Gasteiger partial charge is 0.258 e. The summed E-state index contributed by atoms with van der Waals surface area (Å²) >= 11 is 0. The fourth-order valence-electron chi connectivity index (χ4n) is 1.22. The Morgan fingerprint density at radius 1 is 1.39 bits per heavy atom. The molecule has 18 heavy (non-hydrogen) atoms. The number of nitro benzene ring substituents is 1. The summed E-state index contributed by atoms with van der Waals surface area (Å²) in [6, 6.07) is 5.42. The molecule has 1 rings (SSSR count). The summed E-state index contributed by atoms with van der Waals surface area (Å²) in [5.41, 5.74) is 1.14. The highest BCUT2D eigenvalue weighted by Gasteiger charge is 2.12. The van der Waals surface area contributed by atoms with Gasteiger partial charge in [-0.05, 0) is 12.5 Å². The van der Waals surface area contributed by atoms with Crippen molar-refractivity contribution in [3.05, 3.63) is 52.1 Å². The van der Waals surface area contributed by atoms with Crippen LogP contribution in [-0.4, -0.2) is 19.9 Å². The van der Waals surface area contributed by atoms with Crippen LogP contribution < -0.4 is 4.72 Å². The van der Waals surface area contributed by atoms with E-state index in [9.17, 15) is 18.5 Å². The van der Waals surface area contributed by atoms with Gasteiger partial charge in [-0.25, -0.2) is 13.1 Å².